The van der Waals surface area contributed by atoms with Gasteiger partial charge in [-0.1, -0.05) is 13.8 Å². The number of rotatable bonds is 6. The van der Waals surface area contributed by atoms with Crippen molar-refractivity contribution >= 4 is 11.8 Å². The van der Waals surface area contributed by atoms with E-state index in [-0.39, 0.29) is 0 Å². The third kappa shape index (κ3) is 3.29. The Morgan fingerprint density at radius 2 is 2.39 bits per heavy atom. The molecule has 1 aromatic heterocycles. The molecule has 0 bridgehead atoms. The van der Waals surface area contributed by atoms with Crippen molar-refractivity contribution in [2.45, 2.75) is 39.2 Å². The van der Waals surface area contributed by atoms with Crippen LogP contribution in [0.4, 0.5) is 0 Å². The molecule has 2 atom stereocenters. The second-order valence-electron chi connectivity index (χ2n) is 5.10. The van der Waals surface area contributed by atoms with Gasteiger partial charge in [0.15, 0.2) is 0 Å². The summed E-state index contributed by atoms with van der Waals surface area (Å²) in [4.78, 5) is 0. The third-order valence-electron chi connectivity index (χ3n) is 3.82. The van der Waals surface area contributed by atoms with Crippen LogP contribution in [0.15, 0.2) is 6.07 Å². The van der Waals surface area contributed by atoms with Crippen molar-refractivity contribution in [3.05, 3.63) is 17.5 Å². The molecule has 1 saturated heterocycles. The van der Waals surface area contributed by atoms with E-state index in [4.69, 9.17) is 0 Å². The van der Waals surface area contributed by atoms with Crippen molar-refractivity contribution in [1.82, 2.24) is 15.1 Å². The van der Waals surface area contributed by atoms with E-state index in [2.05, 4.69) is 53.8 Å². The lowest BCUT2D eigenvalue weighted by atomic mass is 9.95. The van der Waals surface area contributed by atoms with Crippen molar-refractivity contribution < 1.29 is 0 Å². The lowest BCUT2D eigenvalue weighted by Crippen LogP contribution is -2.38. The van der Waals surface area contributed by atoms with E-state index in [1.165, 1.54) is 29.3 Å². The smallest absolute Gasteiger partial charge is 0.0624 e. The van der Waals surface area contributed by atoms with Gasteiger partial charge in [0.05, 0.1) is 5.69 Å². The van der Waals surface area contributed by atoms with Crippen LogP contribution >= 0.6 is 11.8 Å². The molecular formula is C14H25N3S. The highest BCUT2D eigenvalue weighted by molar-refractivity contribution is 7.99. The molecule has 0 aliphatic carbocycles. The Morgan fingerprint density at radius 3 is 2.94 bits per heavy atom. The van der Waals surface area contributed by atoms with Gasteiger partial charge in [-0.2, -0.15) is 16.9 Å². The summed E-state index contributed by atoms with van der Waals surface area (Å²) in [5, 5.41) is 8.23. The third-order valence-corrected chi connectivity index (χ3v) is 5.01. The van der Waals surface area contributed by atoms with Gasteiger partial charge in [0.25, 0.3) is 0 Å². The molecule has 3 nitrogen and oxygen atoms in total. The van der Waals surface area contributed by atoms with Crippen LogP contribution in [0, 0.1) is 5.92 Å². The molecule has 1 fully saturated rings. The zero-order valence-electron chi connectivity index (χ0n) is 11.8. The molecule has 102 valence electrons. The van der Waals surface area contributed by atoms with Crippen LogP contribution in [0.3, 0.4) is 0 Å². The summed E-state index contributed by atoms with van der Waals surface area (Å²) in [6, 6.07) is 2.89. The van der Waals surface area contributed by atoms with Crippen LogP contribution in [-0.4, -0.2) is 33.9 Å². The first-order chi connectivity index (χ1) is 8.74. The summed E-state index contributed by atoms with van der Waals surface area (Å²) in [5.41, 5.74) is 2.58. The summed E-state index contributed by atoms with van der Waals surface area (Å²) in [6.45, 7) is 5.43. The average Bonchev–Trinajstić information content (AvgIpc) is 2.99. The lowest BCUT2D eigenvalue weighted by molar-refractivity contribution is 0.380. The highest BCUT2D eigenvalue weighted by atomic mass is 32.2. The first kappa shape index (κ1) is 13.9. The lowest BCUT2D eigenvalue weighted by Gasteiger charge is -2.23. The van der Waals surface area contributed by atoms with Gasteiger partial charge in [-0.25, -0.2) is 0 Å². The molecule has 0 amide bonds. The number of hydrogen-bond donors (Lipinski definition) is 1. The molecule has 0 saturated carbocycles. The number of nitrogens with one attached hydrogen (secondary N) is 1. The molecule has 0 spiro atoms. The van der Waals surface area contributed by atoms with Gasteiger partial charge in [-0.3, -0.25) is 4.68 Å². The fourth-order valence-corrected chi connectivity index (χ4v) is 4.04. The Labute approximate surface area is 115 Å². The quantitative estimate of drug-likeness (QED) is 0.857. The minimum atomic E-state index is 0.616. The number of nitrogens with zero attached hydrogens (tertiary/aromatic N) is 2. The van der Waals surface area contributed by atoms with Crippen LogP contribution < -0.4 is 5.32 Å². The Bertz CT molecular complexity index is 369. The summed E-state index contributed by atoms with van der Waals surface area (Å²) in [5.74, 6) is 3.48. The average molecular weight is 267 g/mol. The van der Waals surface area contributed by atoms with Gasteiger partial charge in [0, 0.05) is 25.2 Å². The zero-order valence-corrected chi connectivity index (χ0v) is 12.6. The van der Waals surface area contributed by atoms with E-state index in [0.717, 1.165) is 25.3 Å². The topological polar surface area (TPSA) is 29.9 Å². The number of likely N-dealkylation sites (N-methyl/N-ethyl adjacent to an activating group) is 1. The Kier molecular flexibility index (Phi) is 5.13. The summed E-state index contributed by atoms with van der Waals surface area (Å²) >= 11 is 2.10. The van der Waals surface area contributed by atoms with E-state index in [9.17, 15) is 0 Å². The van der Waals surface area contributed by atoms with Crippen LogP contribution in [0.5, 0.6) is 0 Å². The Balaban J connectivity index is 2.04. The normalized spacial score (nSPS) is 21.4. The molecule has 1 aliphatic rings. The van der Waals surface area contributed by atoms with E-state index in [1.54, 1.807) is 0 Å². The molecule has 2 rings (SSSR count). The van der Waals surface area contributed by atoms with E-state index in [0.29, 0.717) is 6.04 Å². The van der Waals surface area contributed by atoms with Crippen LogP contribution in [0.2, 0.25) is 0 Å². The number of thioether (sulfide) groups is 1. The van der Waals surface area contributed by atoms with Gasteiger partial charge in [-0.15, -0.1) is 0 Å². The maximum atomic E-state index is 4.55. The predicted octanol–water partition coefficient (Wildman–Crippen LogP) is 2.26. The van der Waals surface area contributed by atoms with Gasteiger partial charge < -0.3 is 5.32 Å². The zero-order chi connectivity index (χ0) is 13.0. The standard InChI is InChI=1S/C14H25N3S/c1-4-12-8-13(17(3)16-12)9-14(15-5-2)11-6-7-18-10-11/h8,11,14-15H,4-7,9-10H2,1-3H3. The molecule has 4 heteroatoms. The van der Waals surface area contributed by atoms with Gasteiger partial charge in [0.1, 0.15) is 0 Å². The molecule has 2 heterocycles. The maximum absolute atomic E-state index is 4.55. The van der Waals surface area contributed by atoms with E-state index in [1.807, 2.05) is 0 Å². The van der Waals surface area contributed by atoms with Crippen LogP contribution in [0.1, 0.15) is 31.7 Å². The van der Waals surface area contributed by atoms with Gasteiger partial charge >= 0.3 is 0 Å². The summed E-state index contributed by atoms with van der Waals surface area (Å²) in [6.07, 6.45) is 3.50. The summed E-state index contributed by atoms with van der Waals surface area (Å²) < 4.78 is 2.06. The Hall–Kier alpha value is -0.480. The fraction of sp³-hybridized carbons (Fsp3) is 0.786. The minimum Gasteiger partial charge on any atom is -0.314 e. The van der Waals surface area contributed by atoms with E-state index < -0.39 is 0 Å². The number of aryl methyl sites for hydroxylation is 2. The summed E-state index contributed by atoms with van der Waals surface area (Å²) in [7, 11) is 2.07. The van der Waals surface area contributed by atoms with Crippen molar-refractivity contribution in [2.75, 3.05) is 18.1 Å². The van der Waals surface area contributed by atoms with Gasteiger partial charge in [0.2, 0.25) is 0 Å². The number of aromatic nitrogens is 2. The van der Waals surface area contributed by atoms with Crippen molar-refractivity contribution in [3.63, 3.8) is 0 Å². The van der Waals surface area contributed by atoms with Crippen LogP contribution in [-0.2, 0) is 19.9 Å². The second kappa shape index (κ2) is 6.62. The van der Waals surface area contributed by atoms with Crippen molar-refractivity contribution in [2.24, 2.45) is 13.0 Å². The van der Waals surface area contributed by atoms with Crippen molar-refractivity contribution in [1.29, 1.82) is 0 Å². The van der Waals surface area contributed by atoms with Gasteiger partial charge in [-0.05, 0) is 42.9 Å². The minimum absolute atomic E-state index is 0.616. The first-order valence-corrected chi connectivity index (χ1v) is 8.23. The molecule has 2 unspecified atom stereocenters. The largest absolute Gasteiger partial charge is 0.314 e. The highest BCUT2D eigenvalue weighted by Crippen LogP contribution is 2.27. The maximum Gasteiger partial charge on any atom is 0.0624 e. The Morgan fingerprint density at radius 1 is 1.56 bits per heavy atom. The molecule has 1 aromatic rings. The first-order valence-electron chi connectivity index (χ1n) is 7.07. The molecule has 0 radical (unpaired) electrons. The number of hydrogen-bond acceptors (Lipinski definition) is 3. The monoisotopic (exact) mass is 267 g/mol. The fourth-order valence-electron chi connectivity index (χ4n) is 2.70. The van der Waals surface area contributed by atoms with Crippen molar-refractivity contribution in [3.8, 4) is 0 Å². The molecule has 1 N–H and O–H groups in total. The highest BCUT2D eigenvalue weighted by Gasteiger charge is 2.25. The molecular weight excluding hydrogens is 242 g/mol. The van der Waals surface area contributed by atoms with Crippen LogP contribution in [0.25, 0.3) is 0 Å². The second-order valence-corrected chi connectivity index (χ2v) is 6.25. The molecule has 1 aliphatic heterocycles. The molecule has 0 aromatic carbocycles. The SMILES string of the molecule is CCNC(Cc1cc(CC)nn1C)C1CCSC1. The van der Waals surface area contributed by atoms with E-state index >= 15 is 0 Å². The molecule has 18 heavy (non-hydrogen) atoms. The predicted molar refractivity (Wildman–Crippen MR) is 79.2 cm³/mol.